The minimum Gasteiger partial charge on any atom is -0.384 e. The lowest BCUT2D eigenvalue weighted by Gasteiger charge is -2.14. The smallest absolute Gasteiger partial charge is 0.0931 e. The summed E-state index contributed by atoms with van der Waals surface area (Å²) in [5.74, 6) is 0. The molecule has 4 heteroatoms. The summed E-state index contributed by atoms with van der Waals surface area (Å²) >= 11 is 7.62. The van der Waals surface area contributed by atoms with E-state index in [2.05, 4.69) is 41.8 Å². The minimum absolute atomic E-state index is 0.328. The number of hydrogen-bond donors (Lipinski definition) is 2. The molecule has 3 rings (SSSR count). The fourth-order valence-electron chi connectivity index (χ4n) is 2.48. The molecule has 0 radical (unpaired) electrons. The molecular weight excluding hydrogens is 276 g/mol. The van der Waals surface area contributed by atoms with Crippen LogP contribution in [0.4, 0.5) is 5.69 Å². The molecule has 1 aliphatic rings. The van der Waals surface area contributed by atoms with Crippen LogP contribution in [0.5, 0.6) is 0 Å². The first-order valence-electron chi connectivity index (χ1n) is 6.57. The van der Waals surface area contributed by atoms with Gasteiger partial charge in [0.1, 0.15) is 0 Å². The van der Waals surface area contributed by atoms with Crippen molar-refractivity contribution < 1.29 is 0 Å². The maximum atomic E-state index is 5.98. The quantitative estimate of drug-likeness (QED) is 0.881. The number of benzene rings is 1. The zero-order chi connectivity index (χ0) is 13.2. The Kier molecular flexibility index (Phi) is 3.78. The Bertz CT molecular complexity index is 579. The molecule has 0 spiro atoms. The van der Waals surface area contributed by atoms with Crippen LogP contribution in [0.1, 0.15) is 29.0 Å². The van der Waals surface area contributed by atoms with Gasteiger partial charge in [-0.3, -0.25) is 0 Å². The molecular formula is C15H17ClN2S. The molecule has 2 nitrogen and oxygen atoms in total. The molecule has 0 amide bonds. The van der Waals surface area contributed by atoms with Gasteiger partial charge in [0.2, 0.25) is 0 Å². The first-order valence-corrected chi connectivity index (χ1v) is 7.77. The number of para-hydroxylation sites is 1. The molecule has 2 heterocycles. The molecule has 2 aromatic rings. The third-order valence-electron chi connectivity index (χ3n) is 3.55. The fraction of sp³-hybridized carbons (Fsp3) is 0.333. The van der Waals surface area contributed by atoms with Crippen molar-refractivity contribution in [1.29, 1.82) is 0 Å². The van der Waals surface area contributed by atoms with E-state index in [0.29, 0.717) is 6.04 Å². The molecule has 1 atom stereocenters. The Morgan fingerprint density at radius 2 is 2.26 bits per heavy atom. The first-order chi connectivity index (χ1) is 9.24. The molecule has 1 unspecified atom stereocenters. The van der Waals surface area contributed by atoms with Crippen molar-refractivity contribution in [2.24, 2.45) is 0 Å². The standard InChI is InChI=1S/C15H17ClN2S/c1-10(13-5-6-14(16)19-13)18-9-12-4-2-3-11-7-8-17-15(11)12/h2-6,10,17-18H,7-9H2,1H3. The van der Waals surface area contributed by atoms with Crippen LogP contribution in [-0.2, 0) is 13.0 Å². The molecule has 0 bridgehead atoms. The van der Waals surface area contributed by atoms with Crippen molar-refractivity contribution in [2.45, 2.75) is 25.9 Å². The Morgan fingerprint density at radius 1 is 1.37 bits per heavy atom. The molecule has 0 saturated carbocycles. The number of fused-ring (bicyclic) bond motifs is 1. The maximum Gasteiger partial charge on any atom is 0.0931 e. The van der Waals surface area contributed by atoms with Crippen LogP contribution in [0.2, 0.25) is 4.34 Å². The summed E-state index contributed by atoms with van der Waals surface area (Å²) in [6, 6.07) is 10.9. The highest BCUT2D eigenvalue weighted by atomic mass is 35.5. The largest absolute Gasteiger partial charge is 0.384 e. The van der Waals surface area contributed by atoms with Crippen molar-refractivity contribution in [1.82, 2.24) is 5.32 Å². The van der Waals surface area contributed by atoms with Gasteiger partial charge in [0.15, 0.2) is 0 Å². The minimum atomic E-state index is 0.328. The third-order valence-corrected chi connectivity index (χ3v) is 4.97. The van der Waals surface area contributed by atoms with E-state index in [1.54, 1.807) is 11.3 Å². The normalized spacial score (nSPS) is 15.1. The lowest BCUT2D eigenvalue weighted by molar-refractivity contribution is 0.583. The van der Waals surface area contributed by atoms with Crippen molar-refractivity contribution in [3.8, 4) is 0 Å². The SMILES string of the molecule is CC(NCc1cccc2c1NCC2)c1ccc(Cl)s1. The van der Waals surface area contributed by atoms with Crippen molar-refractivity contribution >= 4 is 28.6 Å². The van der Waals surface area contributed by atoms with Crippen LogP contribution in [0, 0.1) is 0 Å². The van der Waals surface area contributed by atoms with Crippen LogP contribution in [-0.4, -0.2) is 6.54 Å². The van der Waals surface area contributed by atoms with E-state index in [0.717, 1.165) is 23.8 Å². The Hall–Kier alpha value is -1.03. The predicted molar refractivity (Wildman–Crippen MR) is 83.2 cm³/mol. The van der Waals surface area contributed by atoms with Crippen molar-refractivity contribution in [3.63, 3.8) is 0 Å². The summed E-state index contributed by atoms with van der Waals surface area (Å²) in [7, 11) is 0. The maximum absolute atomic E-state index is 5.98. The summed E-state index contributed by atoms with van der Waals surface area (Å²) in [6.45, 7) is 4.12. The Morgan fingerprint density at radius 3 is 3.05 bits per heavy atom. The summed E-state index contributed by atoms with van der Waals surface area (Å²) in [4.78, 5) is 1.28. The second-order valence-corrected chi connectivity index (χ2v) is 6.62. The zero-order valence-electron chi connectivity index (χ0n) is 10.9. The van der Waals surface area contributed by atoms with Gasteiger partial charge in [-0.15, -0.1) is 11.3 Å². The van der Waals surface area contributed by atoms with Gasteiger partial charge in [0, 0.05) is 29.7 Å². The van der Waals surface area contributed by atoms with E-state index in [1.165, 1.54) is 21.7 Å². The molecule has 0 saturated heterocycles. The van der Waals surface area contributed by atoms with Crippen LogP contribution < -0.4 is 10.6 Å². The summed E-state index contributed by atoms with van der Waals surface area (Å²) in [6.07, 6.45) is 1.14. The second-order valence-electron chi connectivity index (χ2n) is 4.87. The monoisotopic (exact) mass is 292 g/mol. The van der Waals surface area contributed by atoms with Crippen LogP contribution in [0.3, 0.4) is 0 Å². The zero-order valence-corrected chi connectivity index (χ0v) is 12.4. The molecule has 1 aromatic heterocycles. The van der Waals surface area contributed by atoms with E-state index in [1.807, 2.05) is 6.07 Å². The van der Waals surface area contributed by atoms with Crippen molar-refractivity contribution in [3.05, 3.63) is 50.7 Å². The summed E-state index contributed by atoms with van der Waals surface area (Å²) in [5, 5.41) is 7.05. The average Bonchev–Trinajstić information content (AvgIpc) is 3.04. The van der Waals surface area contributed by atoms with Gasteiger partial charge < -0.3 is 10.6 Å². The molecule has 2 N–H and O–H groups in total. The number of anilines is 1. The molecule has 100 valence electrons. The highest BCUT2D eigenvalue weighted by Crippen LogP contribution is 2.29. The first kappa shape index (κ1) is 13.0. The number of rotatable bonds is 4. The molecule has 19 heavy (non-hydrogen) atoms. The third kappa shape index (κ3) is 2.78. The van der Waals surface area contributed by atoms with Crippen molar-refractivity contribution in [2.75, 3.05) is 11.9 Å². The van der Waals surface area contributed by atoms with Crippen LogP contribution in [0.15, 0.2) is 30.3 Å². The molecule has 1 aromatic carbocycles. The Labute approximate surface area is 122 Å². The molecule has 1 aliphatic heterocycles. The van der Waals surface area contributed by atoms with Gasteiger partial charge in [-0.2, -0.15) is 0 Å². The average molecular weight is 293 g/mol. The highest BCUT2D eigenvalue weighted by molar-refractivity contribution is 7.16. The van der Waals surface area contributed by atoms with Crippen LogP contribution >= 0.6 is 22.9 Å². The van der Waals surface area contributed by atoms with Gasteiger partial charge in [0.25, 0.3) is 0 Å². The molecule has 0 aliphatic carbocycles. The number of thiophene rings is 1. The van der Waals surface area contributed by atoms with E-state index in [-0.39, 0.29) is 0 Å². The number of halogens is 1. The van der Waals surface area contributed by atoms with Gasteiger partial charge >= 0.3 is 0 Å². The highest BCUT2D eigenvalue weighted by Gasteiger charge is 2.14. The number of hydrogen-bond acceptors (Lipinski definition) is 3. The fourth-order valence-corrected chi connectivity index (χ4v) is 3.57. The predicted octanol–water partition coefficient (Wildman–Crippen LogP) is 4.22. The van der Waals surface area contributed by atoms with E-state index >= 15 is 0 Å². The molecule has 0 fully saturated rings. The lowest BCUT2D eigenvalue weighted by atomic mass is 10.1. The van der Waals surface area contributed by atoms with Gasteiger partial charge in [0.05, 0.1) is 4.34 Å². The van der Waals surface area contributed by atoms with Gasteiger partial charge in [-0.25, -0.2) is 0 Å². The second kappa shape index (κ2) is 5.53. The topological polar surface area (TPSA) is 24.1 Å². The summed E-state index contributed by atoms with van der Waals surface area (Å²) in [5.41, 5.74) is 4.11. The van der Waals surface area contributed by atoms with E-state index < -0.39 is 0 Å². The lowest BCUT2D eigenvalue weighted by Crippen LogP contribution is -2.17. The van der Waals surface area contributed by atoms with Crippen LogP contribution in [0.25, 0.3) is 0 Å². The summed E-state index contributed by atoms with van der Waals surface area (Å²) < 4.78 is 0.853. The van der Waals surface area contributed by atoms with Gasteiger partial charge in [-0.05, 0) is 36.6 Å². The van der Waals surface area contributed by atoms with Gasteiger partial charge in [-0.1, -0.05) is 29.8 Å². The van der Waals surface area contributed by atoms with E-state index in [9.17, 15) is 0 Å². The van der Waals surface area contributed by atoms with E-state index in [4.69, 9.17) is 11.6 Å². The number of nitrogens with one attached hydrogen (secondary N) is 2. The Balaban J connectivity index is 1.68.